The minimum Gasteiger partial charge on any atom is -0.480 e. The molecule has 2 N–H and O–H groups in total. The Kier molecular flexibility index (Phi) is 5.81. The Bertz CT molecular complexity index is 1410. The first-order valence-corrected chi connectivity index (χ1v) is 11.1. The number of carbonyl (C=O) groups is 2. The quantitative estimate of drug-likeness (QED) is 0.503. The molecule has 3 aromatic rings. The summed E-state index contributed by atoms with van der Waals surface area (Å²) in [7, 11) is 1.61. The molecule has 0 aliphatic carbocycles. The van der Waals surface area contributed by atoms with Gasteiger partial charge in [-0.25, -0.2) is 19.2 Å². The summed E-state index contributed by atoms with van der Waals surface area (Å²) in [6.07, 6.45) is -0.682. The van der Waals surface area contributed by atoms with Gasteiger partial charge in [-0.2, -0.15) is 0 Å². The van der Waals surface area contributed by atoms with Crippen LogP contribution in [0.3, 0.4) is 0 Å². The van der Waals surface area contributed by atoms with Crippen molar-refractivity contribution in [2.45, 2.75) is 19.4 Å². The lowest BCUT2D eigenvalue weighted by molar-refractivity contribution is -0.118. The molecule has 2 aliphatic rings. The fraction of sp³-hybridized carbons (Fsp3) is 0.348. The summed E-state index contributed by atoms with van der Waals surface area (Å²) in [4.78, 5) is 46.2. The Morgan fingerprint density at radius 3 is 2.86 bits per heavy atom. The number of amides is 2. The standard InChI is InChI=1S/C23H23FN6O5/c1-12-22(32)29(2)20-14(15(24)3-4-16(20)26-12)7-8-25-9-13-10-30(23(33)35-13)18-6-5-17-21(27-18)28-19(31)11-34-17/h3-6,13,25H,7-11H2,1-2H3,(H,27,28,31)/t13-/m1/s1. The third-order valence-corrected chi connectivity index (χ3v) is 5.98. The predicted molar refractivity (Wildman–Crippen MR) is 124 cm³/mol. The molecule has 11 nitrogen and oxygen atoms in total. The zero-order chi connectivity index (χ0) is 24.7. The van der Waals surface area contributed by atoms with Crippen molar-refractivity contribution in [1.29, 1.82) is 0 Å². The van der Waals surface area contributed by atoms with E-state index in [-0.39, 0.29) is 30.4 Å². The van der Waals surface area contributed by atoms with Crippen molar-refractivity contribution >= 4 is 34.7 Å². The summed E-state index contributed by atoms with van der Waals surface area (Å²) in [5.41, 5.74) is 1.51. The highest BCUT2D eigenvalue weighted by Crippen LogP contribution is 2.30. The van der Waals surface area contributed by atoms with Crippen LogP contribution < -0.4 is 25.8 Å². The molecule has 1 aromatic carbocycles. The Balaban J connectivity index is 1.22. The van der Waals surface area contributed by atoms with Gasteiger partial charge in [0.2, 0.25) is 0 Å². The number of carbonyl (C=O) groups excluding carboxylic acids is 2. The van der Waals surface area contributed by atoms with E-state index in [9.17, 15) is 18.8 Å². The van der Waals surface area contributed by atoms with Gasteiger partial charge in [0.15, 0.2) is 18.2 Å². The summed E-state index contributed by atoms with van der Waals surface area (Å²) in [5, 5.41) is 5.80. The maximum Gasteiger partial charge on any atom is 0.416 e. The summed E-state index contributed by atoms with van der Waals surface area (Å²) < 4.78 is 26.7. The number of cyclic esters (lactones) is 1. The fourth-order valence-corrected chi connectivity index (χ4v) is 4.27. The largest absolute Gasteiger partial charge is 0.480 e. The first-order valence-electron chi connectivity index (χ1n) is 11.1. The van der Waals surface area contributed by atoms with E-state index >= 15 is 0 Å². The van der Waals surface area contributed by atoms with Gasteiger partial charge < -0.3 is 24.7 Å². The molecule has 1 fully saturated rings. The van der Waals surface area contributed by atoms with Crippen LogP contribution in [0.4, 0.5) is 20.8 Å². The molecule has 1 atom stereocenters. The van der Waals surface area contributed by atoms with Gasteiger partial charge in [0.1, 0.15) is 23.4 Å². The van der Waals surface area contributed by atoms with Gasteiger partial charge in [-0.3, -0.25) is 14.5 Å². The summed E-state index contributed by atoms with van der Waals surface area (Å²) in [6, 6.07) is 6.17. The Labute approximate surface area is 198 Å². The lowest BCUT2D eigenvalue weighted by Gasteiger charge is -2.19. The van der Waals surface area contributed by atoms with Crippen molar-refractivity contribution in [3.05, 3.63) is 51.7 Å². The maximum atomic E-state index is 14.6. The van der Waals surface area contributed by atoms with Crippen molar-refractivity contribution in [3.63, 3.8) is 0 Å². The average Bonchev–Trinajstić information content (AvgIpc) is 3.21. The minimum atomic E-state index is -0.552. The second-order valence-electron chi connectivity index (χ2n) is 8.38. The van der Waals surface area contributed by atoms with Gasteiger partial charge in [0.05, 0.1) is 17.6 Å². The second kappa shape index (κ2) is 8.95. The van der Waals surface area contributed by atoms with Crippen LogP contribution >= 0.6 is 0 Å². The van der Waals surface area contributed by atoms with Crippen LogP contribution in [0, 0.1) is 12.7 Å². The van der Waals surface area contributed by atoms with Crippen LogP contribution in [0.25, 0.3) is 11.0 Å². The van der Waals surface area contributed by atoms with E-state index in [4.69, 9.17) is 9.47 Å². The number of rotatable bonds is 6. The van der Waals surface area contributed by atoms with Crippen molar-refractivity contribution in [2.75, 3.05) is 36.5 Å². The normalized spacial score (nSPS) is 17.2. The molecule has 0 radical (unpaired) electrons. The van der Waals surface area contributed by atoms with E-state index in [0.717, 1.165) is 0 Å². The van der Waals surface area contributed by atoms with Crippen molar-refractivity contribution in [1.82, 2.24) is 19.9 Å². The highest BCUT2D eigenvalue weighted by atomic mass is 19.1. The van der Waals surface area contributed by atoms with Crippen LogP contribution in [0.2, 0.25) is 0 Å². The number of ether oxygens (including phenoxy) is 2. The van der Waals surface area contributed by atoms with Crippen LogP contribution in [-0.2, 0) is 23.0 Å². The molecular weight excluding hydrogens is 459 g/mol. The fourth-order valence-electron chi connectivity index (χ4n) is 4.27. The van der Waals surface area contributed by atoms with Gasteiger partial charge in [-0.05, 0) is 44.2 Å². The van der Waals surface area contributed by atoms with Crippen LogP contribution in [0.5, 0.6) is 5.75 Å². The SMILES string of the molecule is Cc1nc2ccc(F)c(CCNC[C@@H]3CN(c4ccc5c(n4)NC(=O)CO5)C(=O)O3)c2n(C)c1=O. The van der Waals surface area contributed by atoms with Gasteiger partial charge in [0.25, 0.3) is 11.5 Å². The third kappa shape index (κ3) is 4.28. The smallest absolute Gasteiger partial charge is 0.416 e. The van der Waals surface area contributed by atoms with Crippen molar-refractivity contribution in [3.8, 4) is 5.75 Å². The number of hydrogen-bond acceptors (Lipinski definition) is 8. The van der Waals surface area contributed by atoms with Gasteiger partial charge in [-0.1, -0.05) is 0 Å². The second-order valence-corrected chi connectivity index (χ2v) is 8.38. The molecular formula is C23H23FN6O5. The number of hydrogen-bond donors (Lipinski definition) is 2. The highest BCUT2D eigenvalue weighted by Gasteiger charge is 2.33. The number of anilines is 2. The van der Waals surface area contributed by atoms with Gasteiger partial charge in [-0.15, -0.1) is 0 Å². The molecule has 0 bridgehead atoms. The average molecular weight is 482 g/mol. The number of aromatic nitrogens is 3. The maximum absolute atomic E-state index is 14.6. The molecule has 2 amide bonds. The molecule has 2 aliphatic heterocycles. The number of nitrogens with zero attached hydrogens (tertiary/aromatic N) is 4. The monoisotopic (exact) mass is 482 g/mol. The Morgan fingerprint density at radius 2 is 2.03 bits per heavy atom. The summed E-state index contributed by atoms with van der Waals surface area (Å²) >= 11 is 0. The van der Waals surface area contributed by atoms with Crippen molar-refractivity contribution in [2.24, 2.45) is 7.05 Å². The summed E-state index contributed by atoms with van der Waals surface area (Å²) in [6.45, 7) is 2.54. The number of benzene rings is 1. The number of aryl methyl sites for hydroxylation is 2. The zero-order valence-corrected chi connectivity index (χ0v) is 19.1. The third-order valence-electron chi connectivity index (χ3n) is 5.98. The van der Waals surface area contributed by atoms with E-state index in [1.54, 1.807) is 32.2 Å². The molecule has 2 aromatic heterocycles. The molecule has 12 heteroatoms. The van der Waals surface area contributed by atoms with E-state index in [1.807, 2.05) is 0 Å². The molecule has 35 heavy (non-hydrogen) atoms. The first kappa shape index (κ1) is 22.7. The molecule has 0 unspecified atom stereocenters. The minimum absolute atomic E-state index is 0.0807. The number of pyridine rings is 1. The van der Waals surface area contributed by atoms with E-state index in [1.165, 1.54) is 15.5 Å². The van der Waals surface area contributed by atoms with E-state index in [2.05, 4.69) is 20.6 Å². The number of halogens is 1. The van der Waals surface area contributed by atoms with Crippen LogP contribution in [-0.4, -0.2) is 58.9 Å². The summed E-state index contributed by atoms with van der Waals surface area (Å²) in [5.74, 6) is 0.297. The highest BCUT2D eigenvalue weighted by molar-refractivity contribution is 5.95. The van der Waals surface area contributed by atoms with Crippen molar-refractivity contribution < 1.29 is 23.5 Å². The molecule has 0 saturated carbocycles. The lowest BCUT2D eigenvalue weighted by atomic mass is 10.1. The van der Waals surface area contributed by atoms with E-state index < -0.39 is 18.0 Å². The number of nitrogens with one attached hydrogen (secondary N) is 2. The van der Waals surface area contributed by atoms with Gasteiger partial charge >= 0.3 is 6.09 Å². The van der Waals surface area contributed by atoms with Crippen LogP contribution in [0.1, 0.15) is 11.3 Å². The Morgan fingerprint density at radius 1 is 1.20 bits per heavy atom. The molecule has 5 rings (SSSR count). The first-order chi connectivity index (χ1) is 16.8. The Hall–Kier alpha value is -4.06. The van der Waals surface area contributed by atoms with Crippen LogP contribution in [0.15, 0.2) is 29.1 Å². The molecule has 4 heterocycles. The number of fused-ring (bicyclic) bond motifs is 2. The molecule has 1 saturated heterocycles. The van der Waals surface area contributed by atoms with Gasteiger partial charge in [0, 0.05) is 19.2 Å². The zero-order valence-electron chi connectivity index (χ0n) is 19.1. The lowest BCUT2D eigenvalue weighted by Crippen LogP contribution is -2.32. The predicted octanol–water partition coefficient (Wildman–Crippen LogP) is 1.26. The topological polar surface area (TPSA) is 128 Å². The molecule has 182 valence electrons. The van der Waals surface area contributed by atoms with E-state index in [0.29, 0.717) is 53.4 Å². The molecule has 0 spiro atoms.